The predicted molar refractivity (Wildman–Crippen MR) is 235 cm³/mol. The summed E-state index contributed by atoms with van der Waals surface area (Å²) >= 11 is 4.64. The lowest BCUT2D eigenvalue weighted by Crippen LogP contribution is -2.42. The molecule has 3 unspecified atom stereocenters. The number of carbonyl (C=O) groups excluding carboxylic acids is 6. The molecule has 4 amide bonds. The van der Waals surface area contributed by atoms with Crippen molar-refractivity contribution in [3.63, 3.8) is 0 Å². The summed E-state index contributed by atoms with van der Waals surface area (Å²) in [5, 5.41) is 31.3. The molecule has 0 aromatic carbocycles. The molecular formula is C36H69N13O8S3. The minimum absolute atomic E-state index is 0.00463. The second-order valence-corrected chi connectivity index (χ2v) is 17.0. The number of carbonyl (C=O) groups is 6. The largest absolute Gasteiger partial charge is 0.469 e. The van der Waals surface area contributed by atoms with Crippen LogP contribution in [0.25, 0.3) is 0 Å². The zero-order valence-electron chi connectivity index (χ0n) is 38.9. The van der Waals surface area contributed by atoms with Gasteiger partial charge in [-0.2, -0.15) is 0 Å². The Morgan fingerprint density at radius 2 is 1.03 bits per heavy atom. The number of aryl methyl sites for hydroxylation is 3. The van der Waals surface area contributed by atoms with Crippen LogP contribution in [0.1, 0.15) is 133 Å². The fourth-order valence-electron chi connectivity index (χ4n) is 2.56. The molecule has 0 bridgehead atoms. The van der Waals surface area contributed by atoms with Crippen molar-refractivity contribution in [1.82, 2.24) is 52.2 Å². The van der Waals surface area contributed by atoms with Gasteiger partial charge in [0.25, 0.3) is 0 Å². The second kappa shape index (κ2) is 36.2. The van der Waals surface area contributed by atoms with Crippen LogP contribution in [0.5, 0.6) is 0 Å². The SMILES string of the molecule is CC(=O)NNC(=O)C(C)C.CC(C)C(=O)NN.COC(=O)C(C)C.COC(=O)C(C)N.Cc1nnc(C(C)C)s1.Cc1nnc(C(C)N)s1.[2H]C(=O)NC(C)c1nnc(C)s1. The molecule has 0 spiro atoms. The van der Waals surface area contributed by atoms with Gasteiger partial charge in [0.15, 0.2) is 0 Å². The number of hydrogen-bond acceptors (Lipinski definition) is 20. The lowest BCUT2D eigenvalue weighted by molar-refractivity contribution is -0.144. The molecule has 3 heterocycles. The monoisotopic (exact) mass is 908 g/mol. The van der Waals surface area contributed by atoms with Gasteiger partial charge in [-0.1, -0.05) is 66.7 Å². The molecule has 0 saturated heterocycles. The van der Waals surface area contributed by atoms with Crippen molar-refractivity contribution in [2.45, 2.75) is 128 Å². The summed E-state index contributed by atoms with van der Waals surface area (Å²) in [7, 11) is 2.70. The Labute approximate surface area is 367 Å². The molecule has 24 heteroatoms. The maximum absolute atomic E-state index is 10.7. The molecule has 3 aromatic rings. The first-order chi connectivity index (χ1) is 28.1. The van der Waals surface area contributed by atoms with Gasteiger partial charge < -0.3 is 26.3 Å². The Bertz CT molecular complexity index is 1590. The van der Waals surface area contributed by atoms with Gasteiger partial charge in [0, 0.05) is 24.7 Å². The smallest absolute Gasteiger partial charge is 0.322 e. The molecular weight excluding hydrogens is 839 g/mol. The molecule has 0 aliphatic carbocycles. The van der Waals surface area contributed by atoms with Crippen molar-refractivity contribution < 1.29 is 39.6 Å². The number of methoxy groups -OCH3 is 2. The number of hydrazine groups is 2. The molecule has 0 aliphatic heterocycles. The summed E-state index contributed by atoms with van der Waals surface area (Å²) in [6.45, 7) is 27.2. The Balaban J connectivity index is -0.000000314. The minimum Gasteiger partial charge on any atom is -0.469 e. The Kier molecular flexibility index (Phi) is 36.1. The van der Waals surface area contributed by atoms with E-state index in [1.165, 1.54) is 32.5 Å². The first-order valence-corrected chi connectivity index (χ1v) is 20.9. The van der Waals surface area contributed by atoms with Crippen LogP contribution < -0.4 is 38.9 Å². The normalized spacial score (nSPS) is 11.4. The van der Waals surface area contributed by atoms with Crippen LogP contribution in [-0.4, -0.2) is 86.9 Å². The van der Waals surface area contributed by atoms with E-state index in [0.717, 1.165) is 30.0 Å². The van der Waals surface area contributed by atoms with E-state index >= 15 is 0 Å². The quantitative estimate of drug-likeness (QED) is 0.0561. The van der Waals surface area contributed by atoms with Gasteiger partial charge in [0.05, 0.1) is 32.2 Å². The van der Waals surface area contributed by atoms with Crippen LogP contribution in [-0.2, 0) is 38.2 Å². The molecule has 10 N–H and O–H groups in total. The van der Waals surface area contributed by atoms with E-state index in [-0.39, 0.29) is 59.5 Å². The maximum atomic E-state index is 10.7. The third-order valence-corrected chi connectivity index (χ3v) is 9.15. The third-order valence-electron chi connectivity index (χ3n) is 5.95. The first kappa shape index (κ1) is 59.7. The summed E-state index contributed by atoms with van der Waals surface area (Å²) in [5.74, 6) is 4.08. The van der Waals surface area contributed by atoms with Crippen LogP contribution in [0, 0.1) is 38.5 Å². The molecule has 0 aliphatic rings. The van der Waals surface area contributed by atoms with Gasteiger partial charge in [-0.3, -0.25) is 45.0 Å². The van der Waals surface area contributed by atoms with Gasteiger partial charge in [0.2, 0.25) is 24.1 Å². The molecule has 3 rings (SSSR count). The molecule has 0 radical (unpaired) electrons. The minimum atomic E-state index is -0.796. The zero-order valence-corrected chi connectivity index (χ0v) is 40.4. The predicted octanol–water partition coefficient (Wildman–Crippen LogP) is 3.25. The average Bonchev–Trinajstić information content (AvgIpc) is 3.95. The number of esters is 2. The zero-order chi connectivity index (χ0) is 48.6. The summed E-state index contributed by atoms with van der Waals surface area (Å²) < 4.78 is 15.3. The van der Waals surface area contributed by atoms with Crippen molar-refractivity contribution in [3.05, 3.63) is 30.0 Å². The molecule has 344 valence electrons. The molecule has 60 heavy (non-hydrogen) atoms. The lowest BCUT2D eigenvalue weighted by atomic mass is 10.2. The number of nitrogens with one attached hydrogen (secondary N) is 4. The van der Waals surface area contributed by atoms with E-state index in [0.29, 0.717) is 5.92 Å². The molecule has 0 fully saturated rings. The number of aromatic nitrogens is 6. The van der Waals surface area contributed by atoms with E-state index < -0.39 is 12.4 Å². The highest BCUT2D eigenvalue weighted by Gasteiger charge is 2.09. The highest BCUT2D eigenvalue weighted by molar-refractivity contribution is 7.11. The van der Waals surface area contributed by atoms with E-state index in [1.807, 2.05) is 33.1 Å². The van der Waals surface area contributed by atoms with Crippen LogP contribution in [0.4, 0.5) is 0 Å². The number of nitrogens with two attached hydrogens (primary N) is 3. The van der Waals surface area contributed by atoms with Gasteiger partial charge in [-0.05, 0) is 41.5 Å². The first-order valence-electron chi connectivity index (χ1n) is 19.0. The summed E-state index contributed by atoms with van der Waals surface area (Å²) in [4.78, 5) is 62.0. The number of rotatable bonds is 8. The van der Waals surface area contributed by atoms with E-state index in [2.05, 4.69) is 70.1 Å². The Hall–Kier alpha value is -4.62. The van der Waals surface area contributed by atoms with Crippen LogP contribution in [0.2, 0.25) is 0 Å². The third kappa shape index (κ3) is 35.3. The standard InChI is InChI=1S/C6H9N3OS.C6H12N2O2.C6H10N2S.C5H9N3S.C5H10O2.C4H10N2O.C4H9NO2/c1-4(7-3-10)6-9-8-5(2)11-6;1-4(2)6(10)8-7-5(3)9;1-4(2)6-8-7-5(3)9-6;1-3(6)5-8-7-4(2)9-5;1-4(2)5(6)7-3;1-3(2)4(7)6-5;1-3(5)4(6)7-2/h3-4H,1-2H3,(H,7,10);4H,1-3H3,(H,7,9)(H,8,10);4H,1-3H3;3H,6H2,1-2H3;4H,1-3H3;3H,5H2,1-2H3,(H,6,7);3H,5H2,1-2H3/i3D;;;;;;. The van der Waals surface area contributed by atoms with Crippen molar-refractivity contribution in [1.29, 1.82) is 0 Å². The van der Waals surface area contributed by atoms with Gasteiger partial charge in [-0.25, -0.2) is 5.84 Å². The Morgan fingerprint density at radius 3 is 1.20 bits per heavy atom. The summed E-state index contributed by atoms with van der Waals surface area (Å²) in [6.07, 6.45) is -0.796. The fourth-order valence-corrected chi connectivity index (χ4v) is 4.62. The summed E-state index contributed by atoms with van der Waals surface area (Å²) in [6, 6.07) is -0.692. The van der Waals surface area contributed by atoms with Gasteiger partial charge in [-0.15, -0.1) is 53.3 Å². The topological polar surface area (TPSA) is 324 Å². The number of amides is 4. The van der Waals surface area contributed by atoms with E-state index in [9.17, 15) is 28.8 Å². The van der Waals surface area contributed by atoms with Crippen molar-refractivity contribution in [3.8, 4) is 0 Å². The van der Waals surface area contributed by atoms with Crippen LogP contribution in [0.3, 0.4) is 0 Å². The fraction of sp³-hybridized carbons (Fsp3) is 0.667. The van der Waals surface area contributed by atoms with Crippen molar-refractivity contribution in [2.24, 2.45) is 35.1 Å². The second-order valence-electron chi connectivity index (χ2n) is 13.4. The number of hydrogen-bond donors (Lipinski definition) is 7. The van der Waals surface area contributed by atoms with Crippen LogP contribution in [0.15, 0.2) is 0 Å². The van der Waals surface area contributed by atoms with Gasteiger partial charge in [0.1, 0.15) is 37.5 Å². The highest BCUT2D eigenvalue weighted by Crippen LogP contribution is 2.18. The Morgan fingerprint density at radius 1 is 0.633 bits per heavy atom. The molecule has 21 nitrogen and oxygen atoms in total. The van der Waals surface area contributed by atoms with Crippen LogP contribution >= 0.6 is 34.0 Å². The summed E-state index contributed by atoms with van der Waals surface area (Å²) in [5.41, 5.74) is 17.1. The van der Waals surface area contributed by atoms with E-state index in [4.69, 9.17) is 18.7 Å². The van der Waals surface area contributed by atoms with Gasteiger partial charge >= 0.3 is 11.9 Å². The van der Waals surface area contributed by atoms with E-state index in [1.54, 1.807) is 78.1 Å². The number of nitrogens with zero attached hydrogens (tertiary/aromatic N) is 6. The lowest BCUT2D eigenvalue weighted by Gasteiger charge is -2.06. The molecule has 3 aromatic heterocycles. The highest BCUT2D eigenvalue weighted by atomic mass is 32.1. The van der Waals surface area contributed by atoms with Crippen molar-refractivity contribution in [2.75, 3.05) is 14.2 Å². The molecule has 0 saturated carbocycles. The number of ether oxygens (including phenoxy) is 2. The van der Waals surface area contributed by atoms with Crippen molar-refractivity contribution >= 4 is 70.1 Å². The maximum Gasteiger partial charge on any atom is 0.322 e. The average molecular weight is 909 g/mol. The molecule has 3 atom stereocenters.